The molecule has 236 valence electrons. The molecule has 0 fully saturated rings. The molecule has 0 spiro atoms. The van der Waals surface area contributed by atoms with Gasteiger partial charge in [0.05, 0.1) is 29.9 Å². The highest BCUT2D eigenvalue weighted by Crippen LogP contribution is 2.49. The first kappa shape index (κ1) is 28.3. The van der Waals surface area contributed by atoms with Crippen LogP contribution in [0.15, 0.2) is 133 Å². The lowest BCUT2D eigenvalue weighted by atomic mass is 10.0. The molecule has 0 unspecified atom stereocenters. The molecule has 5 heterocycles. The minimum atomic E-state index is 0.816. The van der Waals surface area contributed by atoms with Crippen LogP contribution in [-0.2, 0) is 0 Å². The highest BCUT2D eigenvalue weighted by molar-refractivity contribution is 6.12. The molecule has 0 saturated carbocycles. The fourth-order valence-electron chi connectivity index (χ4n) is 7.59. The number of fused-ring (bicyclic) bond motifs is 11. The van der Waals surface area contributed by atoms with Gasteiger partial charge in [0.2, 0.25) is 0 Å². The summed E-state index contributed by atoms with van der Waals surface area (Å²) in [5, 5.41) is 0. The van der Waals surface area contributed by atoms with E-state index in [0.717, 1.165) is 106 Å². The standard InChI is InChI=1S/C45H30N4O/c1-50-30-17-18-31-32(25-30)33-26-40-43(29-15-9-4-10-16-29)38-22-21-36(47-38)41(27-11-5-2-6-12-27)34-19-20-35(46-34)42(28-13-7-3-8-14-28)37-23-24-39(48-37)44(31)45(33)49-40/h2-26,47-48H,1H3. The molecule has 5 nitrogen and oxygen atoms in total. The number of hydrogen-bond acceptors (Lipinski definition) is 3. The fraction of sp³-hybridized carbons (Fsp3) is 0.0222. The molecule has 0 amide bonds. The molecular weight excluding hydrogens is 613 g/mol. The summed E-state index contributed by atoms with van der Waals surface area (Å²) in [6, 6.07) is 46.5. The van der Waals surface area contributed by atoms with Crippen molar-refractivity contribution in [3.8, 4) is 50.3 Å². The number of hydrogen-bond donors (Lipinski definition) is 2. The molecule has 5 heteroatoms. The van der Waals surface area contributed by atoms with Crippen molar-refractivity contribution in [1.29, 1.82) is 0 Å². The third-order valence-corrected chi connectivity index (χ3v) is 9.84. The second kappa shape index (κ2) is 11.2. The van der Waals surface area contributed by atoms with Gasteiger partial charge in [-0.25, -0.2) is 9.97 Å². The van der Waals surface area contributed by atoms with E-state index in [4.69, 9.17) is 14.7 Å². The van der Waals surface area contributed by atoms with Crippen LogP contribution >= 0.6 is 0 Å². The summed E-state index contributed by atoms with van der Waals surface area (Å²) >= 11 is 0. The van der Waals surface area contributed by atoms with Crippen LogP contribution in [0, 0.1) is 0 Å². The highest BCUT2D eigenvalue weighted by Gasteiger charge is 2.30. The Bertz CT molecular complexity index is 2720. The number of aromatic nitrogens is 4. The van der Waals surface area contributed by atoms with Gasteiger partial charge in [0, 0.05) is 49.9 Å². The van der Waals surface area contributed by atoms with Gasteiger partial charge in [-0.15, -0.1) is 0 Å². The van der Waals surface area contributed by atoms with Gasteiger partial charge in [-0.1, -0.05) is 91.0 Å². The summed E-state index contributed by atoms with van der Waals surface area (Å²) in [5.41, 5.74) is 18.4. The fourth-order valence-corrected chi connectivity index (χ4v) is 7.59. The van der Waals surface area contributed by atoms with Crippen molar-refractivity contribution in [2.75, 3.05) is 7.11 Å². The molecule has 3 aliphatic rings. The monoisotopic (exact) mass is 642 g/mol. The molecule has 3 aromatic heterocycles. The van der Waals surface area contributed by atoms with E-state index in [0.29, 0.717) is 0 Å². The number of nitrogens with one attached hydrogen (secondary N) is 2. The summed E-state index contributed by atoms with van der Waals surface area (Å²) in [5.74, 6) is 0.816. The largest absolute Gasteiger partial charge is 0.497 e. The molecule has 7 aromatic rings. The van der Waals surface area contributed by atoms with E-state index in [1.54, 1.807) is 7.11 Å². The van der Waals surface area contributed by atoms with E-state index >= 15 is 0 Å². The smallest absolute Gasteiger partial charge is 0.119 e. The number of nitrogens with zero attached hydrogens (tertiary/aromatic N) is 2. The normalized spacial score (nSPS) is 12.5. The Hall–Kier alpha value is -6.72. The predicted molar refractivity (Wildman–Crippen MR) is 205 cm³/mol. The number of benzene rings is 4. The van der Waals surface area contributed by atoms with Crippen LogP contribution in [0.1, 0.15) is 28.3 Å². The number of methoxy groups -OCH3 is 1. The Balaban J connectivity index is 1.41. The molecule has 10 rings (SSSR count). The SMILES string of the molecule is COc1ccc2c(c1)C1=Cc3nc1c-2c1ccc([nH]1)c(-c1ccccc1)c1nc(c(-c2ccccc2)c2ccc([nH]2)c3-c2ccccc2)C=C1. The zero-order valence-corrected chi connectivity index (χ0v) is 27.2. The summed E-state index contributed by atoms with van der Waals surface area (Å²) < 4.78 is 5.71. The van der Waals surface area contributed by atoms with E-state index in [-0.39, 0.29) is 0 Å². The Labute approximate surface area is 289 Å². The van der Waals surface area contributed by atoms with Gasteiger partial charge in [-0.05, 0) is 88.5 Å². The van der Waals surface area contributed by atoms with Crippen molar-refractivity contribution >= 4 is 45.9 Å². The lowest BCUT2D eigenvalue weighted by Gasteiger charge is -2.07. The van der Waals surface area contributed by atoms with E-state index in [2.05, 4.69) is 143 Å². The highest BCUT2D eigenvalue weighted by atomic mass is 16.5. The van der Waals surface area contributed by atoms with E-state index in [1.807, 2.05) is 18.2 Å². The molecule has 0 atom stereocenters. The predicted octanol–water partition coefficient (Wildman–Crippen LogP) is 11.1. The summed E-state index contributed by atoms with van der Waals surface area (Å²) in [6.45, 7) is 0. The van der Waals surface area contributed by atoms with Crippen LogP contribution in [0.2, 0.25) is 0 Å². The molecule has 2 N–H and O–H groups in total. The lowest BCUT2D eigenvalue weighted by Crippen LogP contribution is -1.89. The van der Waals surface area contributed by atoms with Gasteiger partial charge in [-0.2, -0.15) is 0 Å². The van der Waals surface area contributed by atoms with Crippen molar-refractivity contribution in [3.05, 3.63) is 162 Å². The maximum absolute atomic E-state index is 5.71. The maximum atomic E-state index is 5.71. The molecule has 1 aliphatic carbocycles. The second-order valence-corrected chi connectivity index (χ2v) is 12.7. The number of ether oxygens (including phenoxy) is 1. The van der Waals surface area contributed by atoms with Crippen molar-refractivity contribution < 1.29 is 4.74 Å². The Morgan fingerprint density at radius 2 is 0.940 bits per heavy atom. The third kappa shape index (κ3) is 4.41. The van der Waals surface area contributed by atoms with Gasteiger partial charge in [0.1, 0.15) is 5.75 Å². The van der Waals surface area contributed by atoms with Crippen LogP contribution in [0.5, 0.6) is 5.75 Å². The van der Waals surface area contributed by atoms with Gasteiger partial charge < -0.3 is 14.7 Å². The quantitative estimate of drug-likeness (QED) is 0.201. The van der Waals surface area contributed by atoms with E-state index in [9.17, 15) is 0 Å². The molecule has 4 aromatic carbocycles. The Morgan fingerprint density at radius 1 is 0.460 bits per heavy atom. The van der Waals surface area contributed by atoms with Crippen LogP contribution in [0.4, 0.5) is 0 Å². The van der Waals surface area contributed by atoms with Gasteiger partial charge in [0.25, 0.3) is 0 Å². The first-order valence-electron chi connectivity index (χ1n) is 16.8. The van der Waals surface area contributed by atoms with Gasteiger partial charge >= 0.3 is 0 Å². The number of aromatic amines is 2. The van der Waals surface area contributed by atoms with Crippen molar-refractivity contribution in [2.24, 2.45) is 0 Å². The van der Waals surface area contributed by atoms with Crippen molar-refractivity contribution in [1.82, 2.24) is 19.9 Å². The maximum Gasteiger partial charge on any atom is 0.119 e. The third-order valence-electron chi connectivity index (χ3n) is 9.84. The van der Waals surface area contributed by atoms with Crippen molar-refractivity contribution in [2.45, 2.75) is 0 Å². The number of rotatable bonds is 4. The minimum absolute atomic E-state index is 0.816. The molecule has 50 heavy (non-hydrogen) atoms. The topological polar surface area (TPSA) is 66.6 Å². The second-order valence-electron chi connectivity index (χ2n) is 12.7. The number of H-pyrrole nitrogens is 2. The molecule has 2 aliphatic heterocycles. The zero-order chi connectivity index (χ0) is 33.2. The van der Waals surface area contributed by atoms with E-state index < -0.39 is 0 Å². The summed E-state index contributed by atoms with van der Waals surface area (Å²) in [4.78, 5) is 18.5. The molecule has 8 bridgehead atoms. The molecule has 0 saturated heterocycles. The lowest BCUT2D eigenvalue weighted by molar-refractivity contribution is 0.415. The minimum Gasteiger partial charge on any atom is -0.497 e. The molecular formula is C45H30N4O. The first-order valence-corrected chi connectivity index (χ1v) is 16.8. The summed E-state index contributed by atoms with van der Waals surface area (Å²) in [6.07, 6.45) is 6.51. The van der Waals surface area contributed by atoms with Crippen molar-refractivity contribution in [3.63, 3.8) is 0 Å². The summed E-state index contributed by atoms with van der Waals surface area (Å²) in [7, 11) is 1.72. The van der Waals surface area contributed by atoms with Gasteiger partial charge in [-0.3, -0.25) is 0 Å². The first-order chi connectivity index (χ1) is 24.7. The van der Waals surface area contributed by atoms with E-state index in [1.165, 1.54) is 0 Å². The molecule has 0 radical (unpaired) electrons. The Kier molecular flexibility index (Phi) is 6.33. The Morgan fingerprint density at radius 3 is 1.44 bits per heavy atom. The average molecular weight is 643 g/mol. The zero-order valence-electron chi connectivity index (χ0n) is 27.2. The average Bonchev–Trinajstić information content (AvgIpc) is 4.01. The van der Waals surface area contributed by atoms with Crippen LogP contribution < -0.4 is 4.74 Å². The van der Waals surface area contributed by atoms with Crippen LogP contribution in [0.25, 0.3) is 90.4 Å². The van der Waals surface area contributed by atoms with Crippen LogP contribution in [-0.4, -0.2) is 27.0 Å². The van der Waals surface area contributed by atoms with Gasteiger partial charge in [0.15, 0.2) is 0 Å². The van der Waals surface area contributed by atoms with Crippen LogP contribution in [0.3, 0.4) is 0 Å².